The number of anilines is 2. The van der Waals surface area contributed by atoms with E-state index in [1.165, 1.54) is 50.5 Å². The normalized spacial score (nSPS) is 16.8. The lowest BCUT2D eigenvalue weighted by Gasteiger charge is -2.23. The molecule has 3 N–H and O–H groups in total. The molecule has 5 nitrogen and oxygen atoms in total. The van der Waals surface area contributed by atoms with Crippen molar-refractivity contribution < 1.29 is 14.6 Å². The zero-order chi connectivity index (χ0) is 25.5. The van der Waals surface area contributed by atoms with Gasteiger partial charge in [-0.2, -0.15) is 0 Å². The number of hydrogen-bond donors (Lipinski definition) is 3. The van der Waals surface area contributed by atoms with Crippen LogP contribution in [0.4, 0.5) is 11.4 Å². The number of carboxylic acid groups (broad SMARTS) is 1. The van der Waals surface area contributed by atoms with Crippen LogP contribution in [0.3, 0.4) is 0 Å². The van der Waals surface area contributed by atoms with Crippen LogP contribution in [0.2, 0.25) is 0 Å². The quantitative estimate of drug-likeness (QED) is 0.240. The van der Waals surface area contributed by atoms with E-state index in [1.807, 2.05) is 48.5 Å². The summed E-state index contributed by atoms with van der Waals surface area (Å²) < 4.78 is 6.07. The van der Waals surface area contributed by atoms with E-state index in [0.29, 0.717) is 12.5 Å². The van der Waals surface area contributed by atoms with Crippen LogP contribution < -0.4 is 15.4 Å². The fourth-order valence-corrected chi connectivity index (χ4v) is 5.42. The molecular weight excluding hydrogens is 460 g/mol. The molecule has 2 saturated carbocycles. The van der Waals surface area contributed by atoms with Crippen LogP contribution in [0.25, 0.3) is 0 Å². The molecular formula is C32H38N2O3. The first-order chi connectivity index (χ1) is 18.2. The van der Waals surface area contributed by atoms with Crippen LogP contribution in [-0.4, -0.2) is 17.6 Å². The van der Waals surface area contributed by atoms with E-state index >= 15 is 0 Å². The Kier molecular flexibility index (Phi) is 8.42. The number of aliphatic carboxylic acids is 1. The summed E-state index contributed by atoms with van der Waals surface area (Å²) in [5.74, 6) is 1.31. The van der Waals surface area contributed by atoms with E-state index in [9.17, 15) is 9.90 Å². The van der Waals surface area contributed by atoms with Crippen LogP contribution in [-0.2, 0) is 11.4 Å². The van der Waals surface area contributed by atoms with Gasteiger partial charge in [0.15, 0.2) is 0 Å². The molecule has 2 fully saturated rings. The highest BCUT2D eigenvalue weighted by Crippen LogP contribution is 2.45. The van der Waals surface area contributed by atoms with Gasteiger partial charge in [0.1, 0.15) is 18.4 Å². The third-order valence-corrected chi connectivity index (χ3v) is 7.66. The third-order valence-electron chi connectivity index (χ3n) is 7.66. The number of carboxylic acids is 1. The van der Waals surface area contributed by atoms with Crippen LogP contribution >= 0.6 is 0 Å². The number of benzene rings is 3. The predicted octanol–water partition coefficient (Wildman–Crippen LogP) is 7.57. The van der Waals surface area contributed by atoms with E-state index in [4.69, 9.17) is 4.74 Å². The molecule has 3 aromatic carbocycles. The Morgan fingerprint density at radius 2 is 1.73 bits per heavy atom. The summed E-state index contributed by atoms with van der Waals surface area (Å²) in [7, 11) is 0. The van der Waals surface area contributed by atoms with E-state index in [2.05, 4.69) is 34.9 Å². The molecule has 37 heavy (non-hydrogen) atoms. The summed E-state index contributed by atoms with van der Waals surface area (Å²) in [5, 5.41) is 16.8. The molecule has 0 heterocycles. The largest absolute Gasteiger partial charge is 0.489 e. The molecule has 2 aliphatic rings. The van der Waals surface area contributed by atoms with Crippen molar-refractivity contribution in [2.75, 3.05) is 11.9 Å². The zero-order valence-corrected chi connectivity index (χ0v) is 21.5. The highest BCUT2D eigenvalue weighted by Gasteiger charge is 2.27. The van der Waals surface area contributed by atoms with Gasteiger partial charge < -0.3 is 20.5 Å². The summed E-state index contributed by atoms with van der Waals surface area (Å²) in [6, 6.07) is 23.5. The second kappa shape index (κ2) is 12.3. The molecule has 0 bridgehead atoms. The van der Waals surface area contributed by atoms with Crippen molar-refractivity contribution in [3.8, 4) is 5.75 Å². The average Bonchev–Trinajstić information content (AvgIpc) is 3.77. The van der Waals surface area contributed by atoms with Crippen molar-refractivity contribution in [1.29, 1.82) is 0 Å². The van der Waals surface area contributed by atoms with Crippen molar-refractivity contribution >= 4 is 17.3 Å². The fourth-order valence-electron chi connectivity index (χ4n) is 5.42. The summed E-state index contributed by atoms with van der Waals surface area (Å²) in [4.78, 5) is 12.1. The lowest BCUT2D eigenvalue weighted by atomic mass is 9.87. The minimum Gasteiger partial charge on any atom is -0.489 e. The highest BCUT2D eigenvalue weighted by molar-refractivity contribution is 5.76. The molecule has 0 radical (unpaired) electrons. The lowest BCUT2D eigenvalue weighted by molar-refractivity contribution is -0.139. The molecule has 5 heteroatoms. The Balaban J connectivity index is 1.25. The first-order valence-corrected chi connectivity index (χ1v) is 13.8. The smallest absolute Gasteiger partial charge is 0.325 e. The van der Waals surface area contributed by atoms with Crippen molar-refractivity contribution in [2.45, 2.75) is 69.9 Å². The second-order valence-corrected chi connectivity index (χ2v) is 10.6. The SMILES string of the molecule is O=C(O)C(NCCC1CCCCC1)c1cccc(Nc2ccc(OCc3ccccc3)cc2C2CC2)c1. The minimum atomic E-state index is -0.834. The van der Waals surface area contributed by atoms with Gasteiger partial charge in [-0.15, -0.1) is 0 Å². The van der Waals surface area contributed by atoms with Gasteiger partial charge in [0.05, 0.1) is 0 Å². The molecule has 1 atom stereocenters. The Hall–Kier alpha value is -3.31. The van der Waals surface area contributed by atoms with Crippen LogP contribution in [0.15, 0.2) is 72.8 Å². The van der Waals surface area contributed by atoms with Crippen LogP contribution in [0.1, 0.15) is 80.0 Å². The van der Waals surface area contributed by atoms with E-state index < -0.39 is 12.0 Å². The monoisotopic (exact) mass is 498 g/mol. The van der Waals surface area contributed by atoms with Gasteiger partial charge in [-0.3, -0.25) is 4.79 Å². The Morgan fingerprint density at radius 1 is 0.919 bits per heavy atom. The van der Waals surface area contributed by atoms with E-state index in [1.54, 1.807) is 0 Å². The summed E-state index contributed by atoms with van der Waals surface area (Å²) in [6.45, 7) is 1.28. The van der Waals surface area contributed by atoms with Gasteiger partial charge in [-0.25, -0.2) is 0 Å². The van der Waals surface area contributed by atoms with Gasteiger partial charge in [-0.1, -0.05) is 74.6 Å². The predicted molar refractivity (Wildman–Crippen MR) is 148 cm³/mol. The molecule has 1 unspecified atom stereocenters. The maximum atomic E-state index is 12.1. The average molecular weight is 499 g/mol. The highest BCUT2D eigenvalue weighted by atomic mass is 16.5. The Bertz CT molecular complexity index is 1170. The Morgan fingerprint density at radius 3 is 2.49 bits per heavy atom. The van der Waals surface area contributed by atoms with Crippen molar-refractivity contribution in [3.63, 3.8) is 0 Å². The van der Waals surface area contributed by atoms with Gasteiger partial charge in [-0.05, 0) is 84.7 Å². The van der Waals surface area contributed by atoms with Crippen LogP contribution in [0, 0.1) is 5.92 Å². The van der Waals surface area contributed by atoms with Crippen LogP contribution in [0.5, 0.6) is 5.75 Å². The Labute approximate surface area is 220 Å². The lowest BCUT2D eigenvalue weighted by Crippen LogP contribution is -2.30. The molecule has 3 aromatic rings. The number of hydrogen-bond acceptors (Lipinski definition) is 4. The molecule has 0 aliphatic heterocycles. The van der Waals surface area contributed by atoms with E-state index in [-0.39, 0.29) is 0 Å². The van der Waals surface area contributed by atoms with Crippen molar-refractivity contribution in [3.05, 3.63) is 89.5 Å². The van der Waals surface area contributed by atoms with Crippen molar-refractivity contribution in [2.24, 2.45) is 5.92 Å². The minimum absolute atomic E-state index is 0.541. The van der Waals surface area contributed by atoms with Gasteiger partial charge in [0.2, 0.25) is 0 Å². The fraction of sp³-hybridized carbons (Fsp3) is 0.406. The molecule has 5 rings (SSSR count). The molecule has 0 aromatic heterocycles. The van der Waals surface area contributed by atoms with E-state index in [0.717, 1.165) is 47.1 Å². The van der Waals surface area contributed by atoms with Gasteiger partial charge >= 0.3 is 5.97 Å². The first kappa shape index (κ1) is 25.3. The topological polar surface area (TPSA) is 70.6 Å². The summed E-state index contributed by atoms with van der Waals surface area (Å²) in [6.07, 6.45) is 9.92. The van der Waals surface area contributed by atoms with Gasteiger partial charge in [0, 0.05) is 11.4 Å². The maximum Gasteiger partial charge on any atom is 0.325 e. The number of rotatable bonds is 12. The molecule has 194 valence electrons. The third kappa shape index (κ3) is 7.14. The summed E-state index contributed by atoms with van der Waals surface area (Å²) in [5.41, 5.74) is 5.14. The number of carbonyl (C=O) groups is 1. The molecule has 0 saturated heterocycles. The number of nitrogens with one attached hydrogen (secondary N) is 2. The maximum absolute atomic E-state index is 12.1. The summed E-state index contributed by atoms with van der Waals surface area (Å²) >= 11 is 0. The first-order valence-electron chi connectivity index (χ1n) is 13.8. The van der Waals surface area contributed by atoms with Crippen molar-refractivity contribution in [1.82, 2.24) is 5.32 Å². The molecule has 0 spiro atoms. The molecule has 0 amide bonds. The standard InChI is InChI=1S/C32H38N2O3/c35-32(36)31(33-19-18-23-8-3-1-4-9-23)26-12-7-13-27(20-26)34-30-17-16-28(21-29(30)25-14-15-25)37-22-24-10-5-2-6-11-24/h2,5-7,10-13,16-17,20-21,23,25,31,33-34H,1,3-4,8-9,14-15,18-19,22H2,(H,35,36). The van der Waals surface area contributed by atoms with Gasteiger partial charge in [0.25, 0.3) is 0 Å². The number of ether oxygens (including phenoxy) is 1. The second-order valence-electron chi connectivity index (χ2n) is 10.6. The zero-order valence-electron chi connectivity index (χ0n) is 21.5. The molecule has 2 aliphatic carbocycles.